The first-order valence-corrected chi connectivity index (χ1v) is 8.62. The molecule has 0 radical (unpaired) electrons. The molecule has 26 heavy (non-hydrogen) atoms. The van der Waals surface area contributed by atoms with Crippen LogP contribution in [0.1, 0.15) is 17.2 Å². The summed E-state index contributed by atoms with van der Waals surface area (Å²) >= 11 is 0. The van der Waals surface area contributed by atoms with Gasteiger partial charge in [0.2, 0.25) is 0 Å². The van der Waals surface area contributed by atoms with Gasteiger partial charge in [0.15, 0.2) is 0 Å². The molecule has 0 bridgehead atoms. The molecule has 0 heterocycles. The summed E-state index contributed by atoms with van der Waals surface area (Å²) in [5.74, 6) is 0.182. The summed E-state index contributed by atoms with van der Waals surface area (Å²) in [4.78, 5) is 6.45. The predicted octanol–water partition coefficient (Wildman–Crippen LogP) is 3.13. The minimum absolute atomic E-state index is 0.182. The van der Waals surface area contributed by atoms with E-state index >= 15 is 0 Å². The zero-order valence-electron chi connectivity index (χ0n) is 15.4. The highest BCUT2D eigenvalue weighted by molar-refractivity contribution is 5.99. The monoisotopic (exact) mass is 353 g/mol. The Kier molecular flexibility index (Phi) is 7.86. The van der Waals surface area contributed by atoms with E-state index in [0.29, 0.717) is 17.9 Å². The molecule has 0 spiro atoms. The number of nitrogens with two attached hydrogens (primary N) is 1. The van der Waals surface area contributed by atoms with E-state index < -0.39 is 6.10 Å². The van der Waals surface area contributed by atoms with Crippen molar-refractivity contribution in [1.82, 2.24) is 4.90 Å². The second kappa shape index (κ2) is 10.4. The number of aliphatic imine (C=N–C) groups is 1. The van der Waals surface area contributed by atoms with Crippen molar-refractivity contribution in [2.45, 2.75) is 12.6 Å². The van der Waals surface area contributed by atoms with E-state index in [4.69, 9.17) is 10.5 Å². The molecule has 2 rings (SSSR count). The molecule has 1 unspecified atom stereocenters. The number of likely N-dealkylation sites (N-methyl/N-ethyl adjacent to an activating group) is 1. The topological polar surface area (TPSA) is 71.1 Å². The fourth-order valence-electron chi connectivity index (χ4n) is 2.72. The van der Waals surface area contributed by atoms with Gasteiger partial charge in [-0.25, -0.2) is 0 Å². The van der Waals surface area contributed by atoms with Crippen molar-refractivity contribution >= 4 is 5.71 Å². The molecular weight excluding hydrogens is 326 g/mol. The first-order chi connectivity index (χ1) is 12.7. The predicted molar refractivity (Wildman–Crippen MR) is 106 cm³/mol. The molecule has 5 heteroatoms. The third-order valence-corrected chi connectivity index (χ3v) is 4.07. The van der Waals surface area contributed by atoms with Gasteiger partial charge in [-0.15, -0.1) is 0 Å². The number of benzene rings is 2. The van der Waals surface area contributed by atoms with Crippen LogP contribution in [0.4, 0.5) is 0 Å². The number of para-hydroxylation sites is 1. The third-order valence-electron chi connectivity index (χ3n) is 4.07. The Bertz CT molecular complexity index is 729. The zero-order valence-corrected chi connectivity index (χ0v) is 15.4. The molecule has 5 nitrogen and oxygen atoms in total. The third kappa shape index (κ3) is 5.72. The summed E-state index contributed by atoms with van der Waals surface area (Å²) in [6.07, 6.45) is 2.66. The van der Waals surface area contributed by atoms with Gasteiger partial charge in [0, 0.05) is 25.7 Å². The van der Waals surface area contributed by atoms with Gasteiger partial charge in [-0.05, 0) is 31.0 Å². The fourth-order valence-corrected chi connectivity index (χ4v) is 2.72. The lowest BCUT2D eigenvalue weighted by Crippen LogP contribution is -2.25. The number of phenolic OH excluding ortho intramolecular Hbond substituents is 1. The second-order valence-corrected chi connectivity index (χ2v) is 6.04. The maximum Gasteiger partial charge on any atom is 0.128 e. The molecule has 0 amide bonds. The van der Waals surface area contributed by atoms with Crippen LogP contribution in [0, 0.1) is 0 Å². The summed E-state index contributed by atoms with van der Waals surface area (Å²) < 4.78 is 6.08. The summed E-state index contributed by atoms with van der Waals surface area (Å²) in [5.41, 5.74) is 8.14. The Balaban J connectivity index is 2.02. The van der Waals surface area contributed by atoms with Crippen molar-refractivity contribution in [2.75, 3.05) is 27.2 Å². The number of phenols is 1. The molecule has 2 aromatic carbocycles. The number of ether oxygens (including phenoxy) is 1. The van der Waals surface area contributed by atoms with Crippen LogP contribution in [0.5, 0.6) is 5.75 Å². The first-order valence-electron chi connectivity index (χ1n) is 8.62. The van der Waals surface area contributed by atoms with Gasteiger partial charge in [0.25, 0.3) is 0 Å². The normalized spacial score (nSPS) is 13.4. The Hall–Kier alpha value is -2.63. The largest absolute Gasteiger partial charge is 0.508 e. The molecule has 2 aromatic rings. The molecule has 0 aliphatic carbocycles. The Morgan fingerprint density at radius 1 is 1.19 bits per heavy atom. The van der Waals surface area contributed by atoms with Crippen molar-refractivity contribution in [3.63, 3.8) is 0 Å². The minimum atomic E-state index is -0.467. The molecule has 0 aromatic heterocycles. The summed E-state index contributed by atoms with van der Waals surface area (Å²) in [5, 5.41) is 10.2. The van der Waals surface area contributed by atoms with E-state index in [1.807, 2.05) is 30.3 Å². The number of aromatic hydroxyl groups is 1. The van der Waals surface area contributed by atoms with Crippen LogP contribution < -0.4 is 5.73 Å². The van der Waals surface area contributed by atoms with E-state index in [-0.39, 0.29) is 5.75 Å². The van der Waals surface area contributed by atoms with Gasteiger partial charge in [-0.3, -0.25) is 9.89 Å². The lowest BCUT2D eigenvalue weighted by Gasteiger charge is -2.22. The lowest BCUT2D eigenvalue weighted by molar-refractivity contribution is 0.0781. The van der Waals surface area contributed by atoms with Crippen LogP contribution in [0.15, 0.2) is 71.9 Å². The molecule has 0 aliphatic rings. The molecule has 0 saturated carbocycles. The Morgan fingerprint density at radius 3 is 2.54 bits per heavy atom. The lowest BCUT2D eigenvalue weighted by atomic mass is 10.0. The van der Waals surface area contributed by atoms with Gasteiger partial charge in [0.1, 0.15) is 11.9 Å². The Labute approximate surface area is 155 Å². The Morgan fingerprint density at radius 2 is 1.88 bits per heavy atom. The average Bonchev–Trinajstić information content (AvgIpc) is 2.65. The van der Waals surface area contributed by atoms with Crippen molar-refractivity contribution < 1.29 is 9.84 Å². The van der Waals surface area contributed by atoms with Gasteiger partial charge in [0.05, 0.1) is 12.3 Å². The molecule has 0 aliphatic heterocycles. The zero-order chi connectivity index (χ0) is 18.8. The maximum atomic E-state index is 10.2. The van der Waals surface area contributed by atoms with E-state index in [1.54, 1.807) is 25.3 Å². The summed E-state index contributed by atoms with van der Waals surface area (Å²) in [6.45, 7) is 2.10. The van der Waals surface area contributed by atoms with E-state index in [0.717, 1.165) is 13.1 Å². The number of rotatable bonds is 9. The van der Waals surface area contributed by atoms with E-state index in [2.05, 4.69) is 29.1 Å². The second-order valence-electron chi connectivity index (χ2n) is 6.04. The van der Waals surface area contributed by atoms with E-state index in [1.165, 1.54) is 11.8 Å². The molecule has 0 fully saturated rings. The van der Waals surface area contributed by atoms with Crippen LogP contribution in [0.25, 0.3) is 0 Å². The number of nitrogens with zero attached hydrogens (tertiary/aromatic N) is 2. The highest BCUT2D eigenvalue weighted by Gasteiger charge is 2.20. The van der Waals surface area contributed by atoms with Crippen LogP contribution >= 0.6 is 0 Å². The fraction of sp³-hybridized carbons (Fsp3) is 0.286. The van der Waals surface area contributed by atoms with Gasteiger partial charge < -0.3 is 15.6 Å². The summed E-state index contributed by atoms with van der Waals surface area (Å²) in [6, 6.07) is 17.4. The standard InChI is InChI=1S/C21H27N3O2/c1-23-19(12-13-22)21(18-10-6-7-11-20(18)25)26-15-14-24(2)16-17-8-4-3-5-9-17/h3-13,21,25H,14-16,22H2,1-2H3. The quantitative estimate of drug-likeness (QED) is 0.680. The molecule has 138 valence electrons. The molecule has 3 N–H and O–H groups in total. The van der Waals surface area contributed by atoms with Gasteiger partial charge >= 0.3 is 0 Å². The first kappa shape index (κ1) is 19.7. The van der Waals surface area contributed by atoms with Crippen molar-refractivity contribution in [3.05, 3.63) is 78.0 Å². The van der Waals surface area contributed by atoms with Crippen LogP contribution in [0.2, 0.25) is 0 Å². The molecule has 0 saturated heterocycles. The van der Waals surface area contributed by atoms with Crippen LogP contribution in [-0.2, 0) is 11.3 Å². The van der Waals surface area contributed by atoms with Gasteiger partial charge in [-0.1, -0.05) is 48.5 Å². The molecule has 1 atom stereocenters. The van der Waals surface area contributed by atoms with Crippen molar-refractivity contribution in [2.24, 2.45) is 10.7 Å². The van der Waals surface area contributed by atoms with Crippen LogP contribution in [0.3, 0.4) is 0 Å². The molecular formula is C21H27N3O2. The highest BCUT2D eigenvalue weighted by atomic mass is 16.5. The maximum absolute atomic E-state index is 10.2. The van der Waals surface area contributed by atoms with Crippen LogP contribution in [-0.4, -0.2) is 43.0 Å². The van der Waals surface area contributed by atoms with Gasteiger partial charge in [-0.2, -0.15) is 0 Å². The smallest absolute Gasteiger partial charge is 0.128 e. The van der Waals surface area contributed by atoms with Crippen molar-refractivity contribution in [1.29, 1.82) is 0 Å². The van der Waals surface area contributed by atoms with E-state index in [9.17, 15) is 5.11 Å². The van der Waals surface area contributed by atoms with Crippen molar-refractivity contribution in [3.8, 4) is 5.75 Å². The number of hydrogen-bond acceptors (Lipinski definition) is 5. The minimum Gasteiger partial charge on any atom is -0.508 e. The SMILES string of the molecule is CN=C(C=CN)C(OCCN(C)Cc1ccccc1)c1ccccc1O. The highest BCUT2D eigenvalue weighted by Crippen LogP contribution is 2.28. The average molecular weight is 353 g/mol. The number of hydrogen-bond donors (Lipinski definition) is 2. The summed E-state index contributed by atoms with van der Waals surface area (Å²) in [7, 11) is 3.74.